The maximum Gasteiger partial charge on any atom is 0.243 e. The minimum absolute atomic E-state index is 0.0203. The molecule has 7 nitrogen and oxygen atoms in total. The van der Waals surface area contributed by atoms with Crippen molar-refractivity contribution in [3.63, 3.8) is 0 Å². The number of nitrogens with one attached hydrogen (secondary N) is 1. The van der Waals surface area contributed by atoms with Gasteiger partial charge in [0.25, 0.3) is 0 Å². The van der Waals surface area contributed by atoms with E-state index in [0.717, 1.165) is 35.8 Å². The highest BCUT2D eigenvalue weighted by molar-refractivity contribution is 7.92. The van der Waals surface area contributed by atoms with E-state index in [2.05, 4.69) is 5.32 Å². The summed E-state index contributed by atoms with van der Waals surface area (Å²) in [5.74, 6) is -0.557. The third-order valence-corrected chi connectivity index (χ3v) is 9.04. The van der Waals surface area contributed by atoms with Crippen molar-refractivity contribution >= 4 is 50.7 Å². The lowest BCUT2D eigenvalue weighted by Crippen LogP contribution is -2.50. The van der Waals surface area contributed by atoms with Crippen molar-refractivity contribution < 1.29 is 18.0 Å². The first-order chi connectivity index (χ1) is 20.4. The zero-order valence-electron chi connectivity index (χ0n) is 25.3. The quantitative estimate of drug-likeness (QED) is 0.186. The average molecular weight is 647 g/mol. The number of halogens is 2. The molecule has 3 aromatic rings. The van der Waals surface area contributed by atoms with Gasteiger partial charge in [0, 0.05) is 48.1 Å². The molecule has 10 heteroatoms. The molecule has 0 fully saturated rings. The monoisotopic (exact) mass is 645 g/mol. The smallest absolute Gasteiger partial charge is 0.243 e. The van der Waals surface area contributed by atoms with Gasteiger partial charge in [-0.05, 0) is 67.6 Å². The lowest BCUT2D eigenvalue weighted by Gasteiger charge is -2.32. The van der Waals surface area contributed by atoms with Crippen LogP contribution in [-0.2, 0) is 32.6 Å². The first-order valence-electron chi connectivity index (χ1n) is 14.5. The van der Waals surface area contributed by atoms with Crippen LogP contribution in [0.5, 0.6) is 0 Å². The maximum atomic E-state index is 14.0. The standard InChI is InChI=1S/C33H41Cl2N3O4S/c1-5-6-17-36-33(40)31(22-26-12-8-7-9-13-26)37(23-28-29(34)14-10-15-30(28)35)32(39)16-11-18-38(43(4,41)42)27-20-24(2)19-25(3)21-27/h7-10,12-15,19-21,31H,5-6,11,16-18,22-23H2,1-4H3,(H,36,40). The van der Waals surface area contributed by atoms with Gasteiger partial charge < -0.3 is 10.2 Å². The highest BCUT2D eigenvalue weighted by Crippen LogP contribution is 2.28. The Labute approximate surface area is 266 Å². The fourth-order valence-corrected chi connectivity index (χ4v) is 6.48. The van der Waals surface area contributed by atoms with Crippen LogP contribution in [0.4, 0.5) is 5.69 Å². The number of hydrogen-bond donors (Lipinski definition) is 1. The molecule has 232 valence electrons. The largest absolute Gasteiger partial charge is 0.354 e. The zero-order valence-corrected chi connectivity index (χ0v) is 27.6. The van der Waals surface area contributed by atoms with E-state index >= 15 is 0 Å². The number of carbonyl (C=O) groups is 2. The number of aryl methyl sites for hydroxylation is 2. The molecule has 0 aliphatic rings. The van der Waals surface area contributed by atoms with Gasteiger partial charge in [-0.25, -0.2) is 8.42 Å². The van der Waals surface area contributed by atoms with Crippen molar-refractivity contribution in [2.24, 2.45) is 0 Å². The molecule has 0 spiro atoms. The fourth-order valence-electron chi connectivity index (χ4n) is 5.01. The molecule has 0 heterocycles. The minimum Gasteiger partial charge on any atom is -0.354 e. The fraction of sp³-hybridized carbons (Fsp3) is 0.394. The summed E-state index contributed by atoms with van der Waals surface area (Å²) in [7, 11) is -3.60. The van der Waals surface area contributed by atoms with Crippen LogP contribution < -0.4 is 9.62 Å². The highest BCUT2D eigenvalue weighted by atomic mass is 35.5. The number of carbonyl (C=O) groups excluding carboxylic acids is 2. The van der Waals surface area contributed by atoms with Gasteiger partial charge in [0.05, 0.1) is 11.9 Å². The van der Waals surface area contributed by atoms with Gasteiger partial charge in [-0.1, -0.05) is 79.0 Å². The van der Waals surface area contributed by atoms with Crippen molar-refractivity contribution in [3.05, 3.63) is 99.0 Å². The molecule has 0 radical (unpaired) electrons. The van der Waals surface area contributed by atoms with E-state index in [0.29, 0.717) is 34.3 Å². The Morgan fingerprint density at radius 1 is 0.907 bits per heavy atom. The van der Waals surface area contributed by atoms with Gasteiger partial charge in [-0.2, -0.15) is 0 Å². The number of rotatable bonds is 15. The van der Waals surface area contributed by atoms with Crippen LogP contribution in [0.3, 0.4) is 0 Å². The van der Waals surface area contributed by atoms with Crippen LogP contribution in [0.15, 0.2) is 66.7 Å². The summed E-state index contributed by atoms with van der Waals surface area (Å²) in [5, 5.41) is 3.79. The topological polar surface area (TPSA) is 86.8 Å². The Bertz CT molecular complexity index is 1460. The Kier molecular flexibility index (Phi) is 12.9. The first-order valence-corrected chi connectivity index (χ1v) is 17.1. The van der Waals surface area contributed by atoms with E-state index in [1.165, 1.54) is 9.21 Å². The van der Waals surface area contributed by atoms with Gasteiger partial charge in [0.2, 0.25) is 21.8 Å². The van der Waals surface area contributed by atoms with Gasteiger partial charge in [0.1, 0.15) is 6.04 Å². The average Bonchev–Trinajstić information content (AvgIpc) is 2.93. The SMILES string of the molecule is CCCCNC(=O)C(Cc1ccccc1)N(Cc1c(Cl)cccc1Cl)C(=O)CCCN(c1cc(C)cc(C)c1)S(C)(=O)=O. The van der Waals surface area contributed by atoms with Gasteiger partial charge in [-0.15, -0.1) is 0 Å². The molecule has 0 aliphatic carbocycles. The van der Waals surface area contributed by atoms with Crippen LogP contribution in [-0.4, -0.2) is 50.5 Å². The molecule has 0 saturated heterocycles. The molecule has 0 aromatic heterocycles. The third-order valence-electron chi connectivity index (χ3n) is 7.14. The molecule has 3 aromatic carbocycles. The second-order valence-corrected chi connectivity index (χ2v) is 13.6. The second kappa shape index (κ2) is 16.1. The lowest BCUT2D eigenvalue weighted by molar-refractivity contribution is -0.141. The maximum absolute atomic E-state index is 14.0. The summed E-state index contributed by atoms with van der Waals surface area (Å²) in [6, 6.07) is 19.4. The van der Waals surface area contributed by atoms with Crippen molar-refractivity contribution in [3.8, 4) is 0 Å². The normalized spacial score (nSPS) is 12.0. The molecule has 2 amide bonds. The van der Waals surface area contributed by atoms with Crippen molar-refractivity contribution in [2.45, 2.75) is 65.5 Å². The highest BCUT2D eigenvalue weighted by Gasteiger charge is 2.31. The number of unbranched alkanes of at least 4 members (excludes halogenated alkanes) is 1. The molecular weight excluding hydrogens is 605 g/mol. The molecule has 0 aliphatic heterocycles. The predicted molar refractivity (Wildman–Crippen MR) is 176 cm³/mol. The van der Waals surface area contributed by atoms with Crippen LogP contribution >= 0.6 is 23.2 Å². The zero-order chi connectivity index (χ0) is 31.6. The Balaban J connectivity index is 1.93. The summed E-state index contributed by atoms with van der Waals surface area (Å²) >= 11 is 13.0. The summed E-state index contributed by atoms with van der Waals surface area (Å²) < 4.78 is 26.8. The molecule has 0 saturated carbocycles. The van der Waals surface area contributed by atoms with Crippen LogP contribution in [0, 0.1) is 13.8 Å². The molecule has 1 atom stereocenters. The number of anilines is 1. The van der Waals surface area contributed by atoms with E-state index in [9.17, 15) is 18.0 Å². The van der Waals surface area contributed by atoms with Gasteiger partial charge in [-0.3, -0.25) is 13.9 Å². The third kappa shape index (κ3) is 10.3. The van der Waals surface area contributed by atoms with E-state index in [1.807, 2.05) is 69.3 Å². The summed E-state index contributed by atoms with van der Waals surface area (Å²) in [5.41, 5.74) is 3.90. The van der Waals surface area contributed by atoms with Crippen molar-refractivity contribution in [1.82, 2.24) is 10.2 Å². The second-order valence-electron chi connectivity index (χ2n) is 10.9. The Morgan fingerprint density at radius 2 is 1.53 bits per heavy atom. The van der Waals surface area contributed by atoms with Crippen LogP contribution in [0.2, 0.25) is 10.0 Å². The van der Waals surface area contributed by atoms with Crippen molar-refractivity contribution in [1.29, 1.82) is 0 Å². The Morgan fingerprint density at radius 3 is 2.12 bits per heavy atom. The molecule has 1 unspecified atom stereocenters. The van der Waals surface area contributed by atoms with Crippen LogP contribution in [0.1, 0.15) is 54.9 Å². The predicted octanol–water partition coefficient (Wildman–Crippen LogP) is 6.71. The molecule has 3 rings (SSSR count). The van der Waals surface area contributed by atoms with E-state index in [-0.39, 0.29) is 37.7 Å². The van der Waals surface area contributed by atoms with E-state index in [1.54, 1.807) is 18.2 Å². The molecular formula is C33H41Cl2N3O4S. The minimum atomic E-state index is -3.60. The number of nitrogens with zero attached hydrogens (tertiary/aromatic N) is 2. The first kappa shape index (κ1) is 34.4. The summed E-state index contributed by atoms with van der Waals surface area (Å²) in [6.45, 7) is 6.51. The summed E-state index contributed by atoms with van der Waals surface area (Å²) in [6.07, 6.45) is 3.46. The number of benzene rings is 3. The Hall–Kier alpha value is -3.07. The number of hydrogen-bond acceptors (Lipinski definition) is 4. The summed E-state index contributed by atoms with van der Waals surface area (Å²) in [4.78, 5) is 29.2. The molecule has 0 bridgehead atoms. The molecule has 43 heavy (non-hydrogen) atoms. The van der Waals surface area contributed by atoms with Crippen molar-refractivity contribution in [2.75, 3.05) is 23.7 Å². The number of amides is 2. The van der Waals surface area contributed by atoms with E-state index in [4.69, 9.17) is 23.2 Å². The van der Waals surface area contributed by atoms with E-state index < -0.39 is 16.1 Å². The van der Waals surface area contributed by atoms with Crippen LogP contribution in [0.25, 0.3) is 0 Å². The lowest BCUT2D eigenvalue weighted by atomic mass is 10.0. The van der Waals surface area contributed by atoms with Gasteiger partial charge >= 0.3 is 0 Å². The van der Waals surface area contributed by atoms with Gasteiger partial charge in [0.15, 0.2) is 0 Å². The molecule has 1 N–H and O–H groups in total. The number of sulfonamides is 1.